The van der Waals surface area contributed by atoms with Crippen molar-refractivity contribution in [2.24, 2.45) is 11.8 Å². The normalized spacial score (nSPS) is 18.8. The van der Waals surface area contributed by atoms with Gasteiger partial charge in [-0.3, -0.25) is 4.79 Å². The van der Waals surface area contributed by atoms with Crippen molar-refractivity contribution in [2.75, 3.05) is 47.4 Å². The lowest BCUT2D eigenvalue weighted by Crippen LogP contribution is -2.32. The number of likely N-dealkylation sites (tertiary alicyclic amines) is 2. The maximum atomic E-state index is 13.5. The Bertz CT molecular complexity index is 1250. The second-order valence-electron chi connectivity index (χ2n) is 9.98. The number of ether oxygens (including phenoxy) is 4. The second-order valence-corrected chi connectivity index (χ2v) is 10.4. The maximum absolute atomic E-state index is 13.5. The van der Waals surface area contributed by atoms with E-state index in [-0.39, 0.29) is 17.5 Å². The molecule has 0 saturated carbocycles. The van der Waals surface area contributed by atoms with E-state index in [1.807, 2.05) is 53.4 Å². The van der Waals surface area contributed by atoms with Crippen LogP contribution in [0.4, 0.5) is 0 Å². The summed E-state index contributed by atoms with van der Waals surface area (Å²) in [5, 5.41) is 0.268. The predicted molar refractivity (Wildman–Crippen MR) is 146 cm³/mol. The molecule has 2 saturated heterocycles. The predicted octanol–water partition coefficient (Wildman–Crippen LogP) is 5.15. The van der Waals surface area contributed by atoms with Crippen molar-refractivity contribution in [3.63, 3.8) is 0 Å². The molecule has 3 aromatic carbocycles. The molecule has 2 atom stereocenters. The minimum Gasteiger partial charge on any atom is -0.497 e. The molecule has 0 aliphatic carbocycles. The largest absolute Gasteiger partial charge is 0.497 e. The molecule has 2 fully saturated rings. The van der Waals surface area contributed by atoms with Crippen LogP contribution in [-0.4, -0.2) is 63.2 Å². The van der Waals surface area contributed by atoms with E-state index in [2.05, 4.69) is 11.9 Å². The monoisotopic (exact) mass is 536 g/mol. The number of methoxy groups -OCH3 is 2. The molecule has 1 amide bonds. The number of halogens is 1. The van der Waals surface area contributed by atoms with E-state index in [0.29, 0.717) is 35.5 Å². The van der Waals surface area contributed by atoms with Crippen molar-refractivity contribution in [1.29, 1.82) is 0 Å². The molecule has 0 bridgehead atoms. The van der Waals surface area contributed by atoms with Gasteiger partial charge >= 0.3 is 0 Å². The van der Waals surface area contributed by atoms with Crippen LogP contribution < -0.4 is 18.9 Å². The first-order chi connectivity index (χ1) is 18.4. The Hall–Kier alpha value is -3.42. The Morgan fingerprint density at radius 3 is 1.84 bits per heavy atom. The van der Waals surface area contributed by atoms with Gasteiger partial charge in [0.1, 0.15) is 24.7 Å². The van der Waals surface area contributed by atoms with E-state index >= 15 is 0 Å². The first-order valence-electron chi connectivity index (χ1n) is 12.8. The lowest BCUT2D eigenvalue weighted by atomic mass is 10.0. The maximum Gasteiger partial charge on any atom is 0.255 e. The lowest BCUT2D eigenvalue weighted by Gasteiger charge is -2.22. The van der Waals surface area contributed by atoms with Gasteiger partial charge in [-0.2, -0.15) is 0 Å². The Kier molecular flexibility index (Phi) is 7.95. The number of carbonyl (C=O) groups excluding carboxylic acids is 1. The molecular formula is C30H33ClN2O5. The second kappa shape index (κ2) is 11.5. The fraction of sp³-hybridized carbons (Fsp3) is 0.367. The highest BCUT2D eigenvalue weighted by molar-refractivity contribution is 6.35. The highest BCUT2D eigenvalue weighted by atomic mass is 35.5. The van der Waals surface area contributed by atoms with Gasteiger partial charge in [0.25, 0.3) is 5.91 Å². The molecule has 200 valence electrons. The summed E-state index contributed by atoms with van der Waals surface area (Å²) in [5.41, 5.74) is 2.34. The molecule has 5 rings (SSSR count). The summed E-state index contributed by atoms with van der Waals surface area (Å²) < 4.78 is 22.8. The summed E-state index contributed by atoms with van der Waals surface area (Å²) in [6.45, 7) is 4.13. The Morgan fingerprint density at radius 2 is 1.32 bits per heavy atom. The number of hydrogen-bond donors (Lipinski definition) is 0. The summed E-state index contributed by atoms with van der Waals surface area (Å²) in [5.74, 6) is 3.35. The third-order valence-electron chi connectivity index (χ3n) is 7.34. The number of carbonyl (C=O) groups is 1. The van der Waals surface area contributed by atoms with E-state index in [1.165, 1.54) is 0 Å². The number of benzene rings is 3. The van der Waals surface area contributed by atoms with E-state index in [9.17, 15) is 4.79 Å². The molecule has 0 radical (unpaired) electrons. The van der Waals surface area contributed by atoms with Gasteiger partial charge in [-0.25, -0.2) is 0 Å². The van der Waals surface area contributed by atoms with Crippen LogP contribution in [0, 0.1) is 11.8 Å². The molecule has 2 aliphatic heterocycles. The lowest BCUT2D eigenvalue weighted by molar-refractivity contribution is 0.0775. The van der Waals surface area contributed by atoms with Crippen LogP contribution in [0.2, 0.25) is 5.02 Å². The molecule has 2 heterocycles. The van der Waals surface area contributed by atoms with Gasteiger partial charge in [0.2, 0.25) is 0 Å². The summed E-state index contributed by atoms with van der Waals surface area (Å²) in [7, 11) is 5.40. The van der Waals surface area contributed by atoms with Gasteiger partial charge in [0.15, 0.2) is 11.5 Å². The Balaban J connectivity index is 1.37. The number of nitrogens with zero attached hydrogens (tertiary/aromatic N) is 2. The Morgan fingerprint density at radius 1 is 0.789 bits per heavy atom. The SMILES string of the molecule is COc1ccc(COc2ccc(C(=O)N3C[C@H]4CN(C)C[C@H]4C3)c(Cl)c2OCc2ccc(OC)cc2)cc1. The van der Waals surface area contributed by atoms with Crippen LogP contribution in [0.1, 0.15) is 21.5 Å². The van der Waals surface area contributed by atoms with Gasteiger partial charge < -0.3 is 28.7 Å². The first-order valence-corrected chi connectivity index (χ1v) is 13.1. The summed E-state index contributed by atoms with van der Waals surface area (Å²) in [6.07, 6.45) is 0. The zero-order valence-electron chi connectivity index (χ0n) is 22.0. The molecule has 0 spiro atoms. The molecular weight excluding hydrogens is 504 g/mol. The van der Waals surface area contributed by atoms with Crippen LogP contribution >= 0.6 is 11.6 Å². The zero-order chi connectivity index (χ0) is 26.6. The minimum atomic E-state index is -0.0666. The number of amides is 1. The van der Waals surface area contributed by atoms with Crippen LogP contribution in [-0.2, 0) is 13.2 Å². The van der Waals surface area contributed by atoms with Gasteiger partial charge in [-0.1, -0.05) is 35.9 Å². The highest BCUT2D eigenvalue weighted by Gasteiger charge is 2.41. The topological polar surface area (TPSA) is 60.5 Å². The molecule has 0 unspecified atom stereocenters. The standard InChI is InChI=1S/C30H33ClN2O5/c1-32-14-22-16-33(17-23(22)15-32)30(34)26-12-13-27(37-18-20-4-8-24(35-2)9-5-20)29(28(26)31)38-19-21-6-10-25(36-3)11-7-21/h4-13,22-23H,14-19H2,1-3H3/t22-,23+. The summed E-state index contributed by atoms with van der Waals surface area (Å²) in [6, 6.07) is 18.8. The van der Waals surface area contributed by atoms with Crippen LogP contribution in [0.15, 0.2) is 60.7 Å². The van der Waals surface area contributed by atoms with Gasteiger partial charge in [-0.05, 0) is 66.4 Å². The van der Waals surface area contributed by atoms with E-state index < -0.39 is 0 Å². The molecule has 2 aliphatic rings. The first kappa shape index (κ1) is 26.2. The minimum absolute atomic E-state index is 0.0666. The fourth-order valence-corrected chi connectivity index (χ4v) is 5.57. The quantitative estimate of drug-likeness (QED) is 0.377. The number of fused-ring (bicyclic) bond motifs is 1. The van der Waals surface area contributed by atoms with Crippen LogP contribution in [0.5, 0.6) is 23.0 Å². The van der Waals surface area contributed by atoms with E-state index in [1.54, 1.807) is 26.4 Å². The third kappa shape index (κ3) is 5.69. The Labute approximate surface area is 228 Å². The smallest absolute Gasteiger partial charge is 0.255 e. The van der Waals surface area contributed by atoms with Crippen molar-refractivity contribution in [3.05, 3.63) is 82.4 Å². The van der Waals surface area contributed by atoms with Crippen LogP contribution in [0.3, 0.4) is 0 Å². The van der Waals surface area contributed by atoms with Gasteiger partial charge in [0.05, 0.1) is 24.8 Å². The van der Waals surface area contributed by atoms with Gasteiger partial charge in [0, 0.05) is 26.2 Å². The average molecular weight is 537 g/mol. The molecule has 3 aromatic rings. The highest BCUT2D eigenvalue weighted by Crippen LogP contribution is 2.40. The van der Waals surface area contributed by atoms with Crippen LogP contribution in [0.25, 0.3) is 0 Å². The number of rotatable bonds is 9. The van der Waals surface area contributed by atoms with Crippen molar-refractivity contribution >= 4 is 17.5 Å². The molecule has 7 nitrogen and oxygen atoms in total. The summed E-state index contributed by atoms with van der Waals surface area (Å²) >= 11 is 6.87. The molecule has 8 heteroatoms. The fourth-order valence-electron chi connectivity index (χ4n) is 5.28. The third-order valence-corrected chi connectivity index (χ3v) is 7.72. The summed E-state index contributed by atoms with van der Waals surface area (Å²) in [4.78, 5) is 17.8. The van der Waals surface area contributed by atoms with Crippen molar-refractivity contribution in [1.82, 2.24) is 9.80 Å². The van der Waals surface area contributed by atoms with Crippen molar-refractivity contribution in [2.45, 2.75) is 13.2 Å². The van der Waals surface area contributed by atoms with Crippen molar-refractivity contribution < 1.29 is 23.7 Å². The number of hydrogen-bond acceptors (Lipinski definition) is 6. The van der Waals surface area contributed by atoms with Gasteiger partial charge in [-0.15, -0.1) is 0 Å². The molecule has 38 heavy (non-hydrogen) atoms. The van der Waals surface area contributed by atoms with E-state index in [0.717, 1.165) is 48.8 Å². The van der Waals surface area contributed by atoms with E-state index in [4.69, 9.17) is 30.5 Å². The molecule has 0 N–H and O–H groups in total. The average Bonchev–Trinajstić information content (AvgIpc) is 3.49. The zero-order valence-corrected chi connectivity index (χ0v) is 22.7. The van der Waals surface area contributed by atoms with Crippen molar-refractivity contribution in [3.8, 4) is 23.0 Å². The molecule has 0 aromatic heterocycles.